The second-order valence-electron chi connectivity index (χ2n) is 3.02. The fourth-order valence-corrected chi connectivity index (χ4v) is 1.54. The van der Waals surface area contributed by atoms with Crippen molar-refractivity contribution in [2.75, 3.05) is 5.32 Å². The van der Waals surface area contributed by atoms with Gasteiger partial charge in [-0.15, -0.1) is 0 Å². The van der Waals surface area contributed by atoms with Crippen molar-refractivity contribution in [1.82, 2.24) is 9.97 Å². The van der Waals surface area contributed by atoms with Gasteiger partial charge in [-0.25, -0.2) is 9.97 Å². The first-order chi connectivity index (χ1) is 8.78. The van der Waals surface area contributed by atoms with E-state index in [0.29, 0.717) is 11.5 Å². The van der Waals surface area contributed by atoms with E-state index < -0.39 is 0 Å². The van der Waals surface area contributed by atoms with Crippen molar-refractivity contribution in [2.24, 2.45) is 0 Å². The van der Waals surface area contributed by atoms with Crippen LogP contribution >= 0.6 is 22.6 Å². The smallest absolute Gasteiger partial charge is 0.228 e. The number of halogens is 1. The van der Waals surface area contributed by atoms with E-state index in [9.17, 15) is 0 Å². The lowest BCUT2D eigenvalue weighted by Crippen LogP contribution is -1.97. The Bertz CT molecular complexity index is 531. The molecule has 0 amide bonds. The highest BCUT2D eigenvalue weighted by atomic mass is 127. The number of nitrogens with zero attached hydrogens (tertiary/aromatic N) is 3. The van der Waals surface area contributed by atoms with E-state index >= 15 is 0 Å². The molecule has 0 aliphatic heterocycles. The van der Waals surface area contributed by atoms with Gasteiger partial charge in [-0.1, -0.05) is 13.8 Å². The number of nitriles is 1. The second-order valence-corrected chi connectivity index (χ2v) is 4.12. The Morgan fingerprint density at radius 3 is 2.39 bits per heavy atom. The van der Waals surface area contributed by atoms with Crippen LogP contribution < -0.4 is 5.32 Å². The summed E-state index contributed by atoms with van der Waals surface area (Å²) in [6.45, 7) is 4.00. The van der Waals surface area contributed by atoms with Crippen LogP contribution in [0.15, 0.2) is 36.5 Å². The minimum absolute atomic E-state index is 0.552. The second kappa shape index (κ2) is 7.61. The average Bonchev–Trinajstić information content (AvgIpc) is 2.42. The number of rotatable bonds is 2. The molecule has 0 saturated carbocycles. The third kappa shape index (κ3) is 4.30. The van der Waals surface area contributed by atoms with Crippen molar-refractivity contribution in [3.8, 4) is 6.07 Å². The summed E-state index contributed by atoms with van der Waals surface area (Å²) in [5.41, 5.74) is 1.50. The molecule has 0 radical (unpaired) electrons. The highest BCUT2D eigenvalue weighted by molar-refractivity contribution is 14.1. The zero-order valence-electron chi connectivity index (χ0n) is 10.2. The van der Waals surface area contributed by atoms with Gasteiger partial charge >= 0.3 is 0 Å². The zero-order valence-corrected chi connectivity index (χ0v) is 12.3. The van der Waals surface area contributed by atoms with Gasteiger partial charge in [-0.05, 0) is 52.9 Å². The number of nitrogens with one attached hydrogen (secondary N) is 1. The third-order valence-electron chi connectivity index (χ3n) is 1.89. The predicted octanol–water partition coefficient (Wildman–Crippen LogP) is 3.72. The Morgan fingerprint density at radius 1 is 1.17 bits per heavy atom. The SMILES string of the molecule is CC.N#Cc1ccc(Nc2nccc(I)n2)cc1. The van der Waals surface area contributed by atoms with Crippen molar-refractivity contribution in [1.29, 1.82) is 5.26 Å². The van der Waals surface area contributed by atoms with Gasteiger partial charge in [0.25, 0.3) is 0 Å². The van der Waals surface area contributed by atoms with Crippen LogP contribution in [0.2, 0.25) is 0 Å². The third-order valence-corrected chi connectivity index (χ3v) is 2.49. The van der Waals surface area contributed by atoms with E-state index in [-0.39, 0.29) is 0 Å². The molecular weight excluding hydrogens is 339 g/mol. The Kier molecular flexibility index (Phi) is 6.08. The van der Waals surface area contributed by atoms with Gasteiger partial charge in [0.2, 0.25) is 5.95 Å². The molecule has 1 heterocycles. The molecule has 5 heteroatoms. The highest BCUT2D eigenvalue weighted by Crippen LogP contribution is 2.13. The lowest BCUT2D eigenvalue weighted by molar-refractivity contribution is 1.14. The molecule has 4 nitrogen and oxygen atoms in total. The maximum Gasteiger partial charge on any atom is 0.228 e. The van der Waals surface area contributed by atoms with E-state index in [1.165, 1.54) is 0 Å². The van der Waals surface area contributed by atoms with Crippen LogP contribution in [0.3, 0.4) is 0 Å². The molecule has 0 aliphatic carbocycles. The van der Waals surface area contributed by atoms with Crippen LogP contribution in [0, 0.1) is 15.0 Å². The van der Waals surface area contributed by atoms with Crippen molar-refractivity contribution in [2.45, 2.75) is 13.8 Å². The molecule has 1 aromatic heterocycles. The van der Waals surface area contributed by atoms with Crippen molar-refractivity contribution < 1.29 is 0 Å². The Labute approximate surface area is 120 Å². The van der Waals surface area contributed by atoms with E-state index in [0.717, 1.165) is 9.39 Å². The molecule has 18 heavy (non-hydrogen) atoms. The van der Waals surface area contributed by atoms with Crippen LogP contribution in [0.4, 0.5) is 11.6 Å². The lowest BCUT2D eigenvalue weighted by Gasteiger charge is -2.04. The summed E-state index contributed by atoms with van der Waals surface area (Å²) >= 11 is 2.13. The maximum atomic E-state index is 8.66. The van der Waals surface area contributed by atoms with Gasteiger partial charge in [0.1, 0.15) is 3.70 Å². The number of benzene rings is 1. The summed E-state index contributed by atoms with van der Waals surface area (Å²) < 4.78 is 0.878. The highest BCUT2D eigenvalue weighted by Gasteiger charge is 1.98. The summed E-state index contributed by atoms with van der Waals surface area (Å²) in [4.78, 5) is 8.30. The standard InChI is InChI=1S/C11H7IN4.C2H6/c12-10-5-6-14-11(16-10)15-9-3-1-8(7-13)2-4-9;1-2/h1-6H,(H,14,15,16);1-2H3. The minimum Gasteiger partial charge on any atom is -0.324 e. The van der Waals surface area contributed by atoms with Crippen LogP contribution in [-0.2, 0) is 0 Å². The fourth-order valence-electron chi connectivity index (χ4n) is 1.15. The quantitative estimate of drug-likeness (QED) is 0.661. The lowest BCUT2D eigenvalue weighted by atomic mass is 10.2. The van der Waals surface area contributed by atoms with Crippen LogP contribution in [0.25, 0.3) is 0 Å². The molecule has 0 unspecified atom stereocenters. The van der Waals surface area contributed by atoms with Crippen LogP contribution in [0.5, 0.6) is 0 Å². The van der Waals surface area contributed by atoms with Crippen LogP contribution in [-0.4, -0.2) is 9.97 Å². The minimum atomic E-state index is 0.552. The number of anilines is 2. The first-order valence-corrected chi connectivity index (χ1v) is 6.61. The summed E-state index contributed by atoms with van der Waals surface area (Å²) in [5.74, 6) is 0.552. The van der Waals surface area contributed by atoms with Gasteiger partial charge in [-0.3, -0.25) is 0 Å². The van der Waals surface area contributed by atoms with Gasteiger partial charge in [0.15, 0.2) is 0 Å². The molecule has 1 aromatic carbocycles. The molecule has 1 N–H and O–H groups in total. The molecule has 2 aromatic rings. The van der Waals surface area contributed by atoms with Crippen molar-refractivity contribution in [3.63, 3.8) is 0 Å². The molecule has 0 spiro atoms. The number of hydrogen-bond acceptors (Lipinski definition) is 4. The summed E-state index contributed by atoms with van der Waals surface area (Å²) in [6, 6.07) is 11.0. The Morgan fingerprint density at radius 2 is 1.83 bits per heavy atom. The molecule has 0 atom stereocenters. The summed E-state index contributed by atoms with van der Waals surface area (Å²) in [6.07, 6.45) is 1.70. The number of hydrogen-bond donors (Lipinski definition) is 1. The summed E-state index contributed by atoms with van der Waals surface area (Å²) in [5, 5.41) is 11.7. The summed E-state index contributed by atoms with van der Waals surface area (Å²) in [7, 11) is 0. The van der Waals surface area contributed by atoms with E-state index in [1.807, 2.05) is 32.0 Å². The first kappa shape index (κ1) is 14.4. The van der Waals surface area contributed by atoms with Gasteiger partial charge in [0.05, 0.1) is 11.6 Å². The van der Waals surface area contributed by atoms with E-state index in [1.54, 1.807) is 18.3 Å². The predicted molar refractivity (Wildman–Crippen MR) is 80.5 cm³/mol. The van der Waals surface area contributed by atoms with Crippen molar-refractivity contribution in [3.05, 3.63) is 45.8 Å². The van der Waals surface area contributed by atoms with Crippen molar-refractivity contribution >= 4 is 34.2 Å². The Hall–Kier alpha value is -1.68. The molecule has 0 saturated heterocycles. The molecule has 92 valence electrons. The van der Waals surface area contributed by atoms with E-state index in [4.69, 9.17) is 5.26 Å². The number of aromatic nitrogens is 2. The maximum absolute atomic E-state index is 8.66. The normalized spacial score (nSPS) is 8.78. The van der Waals surface area contributed by atoms with Gasteiger partial charge in [0, 0.05) is 11.9 Å². The Balaban J connectivity index is 0.000000771. The molecule has 2 rings (SSSR count). The molecule has 0 bridgehead atoms. The topological polar surface area (TPSA) is 61.6 Å². The van der Waals surface area contributed by atoms with Gasteiger partial charge in [-0.2, -0.15) is 5.26 Å². The van der Waals surface area contributed by atoms with Gasteiger partial charge < -0.3 is 5.32 Å². The van der Waals surface area contributed by atoms with E-state index in [2.05, 4.69) is 43.9 Å². The largest absolute Gasteiger partial charge is 0.324 e. The molecule has 0 fully saturated rings. The fraction of sp³-hybridized carbons (Fsp3) is 0.154. The average molecular weight is 352 g/mol. The molecular formula is C13H13IN4. The molecule has 0 aliphatic rings. The monoisotopic (exact) mass is 352 g/mol. The van der Waals surface area contributed by atoms with Crippen LogP contribution in [0.1, 0.15) is 19.4 Å². The first-order valence-electron chi connectivity index (χ1n) is 5.53. The zero-order chi connectivity index (χ0) is 13.4.